The van der Waals surface area contributed by atoms with Crippen molar-refractivity contribution in [1.29, 1.82) is 0 Å². The number of aliphatic hydroxyl groups is 1. The van der Waals surface area contributed by atoms with Gasteiger partial charge < -0.3 is 9.84 Å². The topological polar surface area (TPSA) is 75.6 Å². The van der Waals surface area contributed by atoms with Gasteiger partial charge in [0.25, 0.3) is 0 Å². The first-order valence-corrected chi connectivity index (χ1v) is 9.03. The summed E-state index contributed by atoms with van der Waals surface area (Å²) in [6, 6.07) is 0. The minimum absolute atomic E-state index is 0.118. The Hall–Kier alpha value is -0.690. The lowest BCUT2D eigenvalue weighted by Crippen LogP contribution is -2.32. The minimum atomic E-state index is -3.21. The number of rotatable bonds is 1. The van der Waals surface area contributed by atoms with Crippen LogP contribution < -0.4 is 4.72 Å². The highest BCUT2D eigenvalue weighted by atomic mass is 32.2. The van der Waals surface area contributed by atoms with Gasteiger partial charge in [0, 0.05) is 19.6 Å². The molecule has 2 N–H and O–H groups in total. The highest BCUT2D eigenvalue weighted by Crippen LogP contribution is 2.15. The Kier molecular flexibility index (Phi) is 7.59. The van der Waals surface area contributed by atoms with Crippen molar-refractivity contribution in [3.63, 3.8) is 0 Å². The number of hydrogen-bond acceptors (Lipinski definition) is 4. The molecule has 0 radical (unpaired) electrons. The normalized spacial score (nSPS) is 36.2. The molecule has 6 heteroatoms. The van der Waals surface area contributed by atoms with E-state index in [4.69, 9.17) is 4.74 Å². The zero-order chi connectivity index (χ0) is 15.9. The summed E-state index contributed by atoms with van der Waals surface area (Å²) < 4.78 is 31.5. The lowest BCUT2D eigenvalue weighted by atomic mass is 9.96. The van der Waals surface area contributed by atoms with Crippen molar-refractivity contribution in [2.24, 2.45) is 5.92 Å². The van der Waals surface area contributed by atoms with Crippen LogP contribution in [0.3, 0.4) is 0 Å². The van der Waals surface area contributed by atoms with E-state index in [-0.39, 0.29) is 24.3 Å². The molecular weight excluding hydrogens is 290 g/mol. The number of methoxy groups -OCH3 is 1. The summed E-state index contributed by atoms with van der Waals surface area (Å²) in [6.45, 7) is 4.04. The molecule has 122 valence electrons. The van der Waals surface area contributed by atoms with E-state index in [0.717, 1.165) is 18.4 Å². The molecule has 0 bridgehead atoms. The van der Waals surface area contributed by atoms with Gasteiger partial charge in [-0.1, -0.05) is 30.7 Å². The molecule has 1 aliphatic heterocycles. The molecule has 0 aromatic rings. The van der Waals surface area contributed by atoms with Crippen LogP contribution in [-0.2, 0) is 14.8 Å². The fourth-order valence-corrected chi connectivity index (χ4v) is 3.49. The number of ether oxygens (including phenoxy) is 1. The lowest BCUT2D eigenvalue weighted by molar-refractivity contribution is -0.00185. The lowest BCUT2D eigenvalue weighted by Gasteiger charge is -2.23. The summed E-state index contributed by atoms with van der Waals surface area (Å²) in [5, 5.41) is 10.3. The van der Waals surface area contributed by atoms with Gasteiger partial charge in [-0.2, -0.15) is 0 Å². The summed E-state index contributed by atoms with van der Waals surface area (Å²) >= 11 is 0. The molecule has 1 aliphatic rings. The van der Waals surface area contributed by atoms with Gasteiger partial charge >= 0.3 is 0 Å². The van der Waals surface area contributed by atoms with Gasteiger partial charge in [0.2, 0.25) is 10.0 Å². The third-order valence-corrected chi connectivity index (χ3v) is 5.04. The van der Waals surface area contributed by atoms with Crippen LogP contribution in [0.4, 0.5) is 0 Å². The maximum absolute atomic E-state index is 11.8. The Morgan fingerprint density at radius 1 is 1.38 bits per heavy atom. The molecule has 21 heavy (non-hydrogen) atoms. The average Bonchev–Trinajstić information content (AvgIpc) is 2.43. The molecule has 5 nitrogen and oxygen atoms in total. The number of hydrogen-bond donors (Lipinski definition) is 2. The SMILES string of the molecule is CO[C@H]1/C=C/CCCCS(=O)(=O)NC/C(C)=C\C(C)[C@@H]1O. The summed E-state index contributed by atoms with van der Waals surface area (Å²) in [5.41, 5.74) is 0.890. The van der Waals surface area contributed by atoms with E-state index < -0.39 is 16.1 Å². The summed E-state index contributed by atoms with van der Waals surface area (Å²) in [6.07, 6.45) is 6.91. The maximum Gasteiger partial charge on any atom is 0.211 e. The molecule has 0 fully saturated rings. The van der Waals surface area contributed by atoms with Crippen LogP contribution in [-0.4, -0.2) is 45.1 Å². The summed E-state index contributed by atoms with van der Waals surface area (Å²) in [5.74, 6) is 0.0343. The van der Waals surface area contributed by atoms with E-state index >= 15 is 0 Å². The van der Waals surface area contributed by atoms with Crippen molar-refractivity contribution in [2.75, 3.05) is 19.4 Å². The van der Waals surface area contributed by atoms with E-state index in [0.29, 0.717) is 6.42 Å². The van der Waals surface area contributed by atoms with Crippen molar-refractivity contribution < 1.29 is 18.3 Å². The molecule has 3 atom stereocenters. The largest absolute Gasteiger partial charge is 0.389 e. The molecule has 1 rings (SSSR count). The smallest absolute Gasteiger partial charge is 0.211 e. The van der Waals surface area contributed by atoms with Gasteiger partial charge in [-0.15, -0.1) is 0 Å². The first-order chi connectivity index (χ1) is 9.85. The Bertz CT molecular complexity index is 470. The van der Waals surface area contributed by atoms with Gasteiger partial charge in [-0.05, 0) is 26.2 Å². The molecule has 0 amide bonds. The van der Waals surface area contributed by atoms with E-state index in [9.17, 15) is 13.5 Å². The average molecular weight is 317 g/mol. The predicted molar refractivity (Wildman–Crippen MR) is 84.5 cm³/mol. The third kappa shape index (κ3) is 6.74. The van der Waals surface area contributed by atoms with Crippen LogP contribution in [0, 0.1) is 5.92 Å². The second kappa shape index (κ2) is 8.68. The fourth-order valence-electron chi connectivity index (χ4n) is 2.32. The minimum Gasteiger partial charge on any atom is -0.389 e. The van der Waals surface area contributed by atoms with E-state index in [1.54, 1.807) is 7.11 Å². The van der Waals surface area contributed by atoms with Crippen molar-refractivity contribution in [3.05, 3.63) is 23.8 Å². The van der Waals surface area contributed by atoms with Gasteiger partial charge in [-0.3, -0.25) is 0 Å². The zero-order valence-corrected chi connectivity index (χ0v) is 13.9. The molecule has 1 unspecified atom stereocenters. The van der Waals surface area contributed by atoms with Crippen LogP contribution in [0.2, 0.25) is 0 Å². The van der Waals surface area contributed by atoms with Gasteiger partial charge in [0.05, 0.1) is 11.9 Å². The Balaban J connectivity index is 2.88. The molecular formula is C15H27NO4S. The molecule has 0 aromatic carbocycles. The monoisotopic (exact) mass is 317 g/mol. The summed E-state index contributed by atoms with van der Waals surface area (Å²) in [7, 11) is -1.63. The molecule has 0 aromatic heterocycles. The van der Waals surface area contributed by atoms with Crippen LogP contribution in [0.5, 0.6) is 0 Å². The fraction of sp³-hybridized carbons (Fsp3) is 0.733. The van der Waals surface area contributed by atoms with Gasteiger partial charge in [0.1, 0.15) is 6.10 Å². The van der Waals surface area contributed by atoms with Crippen molar-refractivity contribution in [1.82, 2.24) is 4.72 Å². The first-order valence-electron chi connectivity index (χ1n) is 7.38. The van der Waals surface area contributed by atoms with Crippen LogP contribution in [0.1, 0.15) is 33.1 Å². The van der Waals surface area contributed by atoms with E-state index in [2.05, 4.69) is 4.72 Å². The number of sulfonamides is 1. The highest BCUT2D eigenvalue weighted by Gasteiger charge is 2.21. The van der Waals surface area contributed by atoms with Gasteiger partial charge in [0.15, 0.2) is 0 Å². The highest BCUT2D eigenvalue weighted by molar-refractivity contribution is 7.89. The second-order valence-electron chi connectivity index (χ2n) is 5.63. The maximum atomic E-state index is 11.8. The van der Waals surface area contributed by atoms with Crippen molar-refractivity contribution >= 4 is 10.0 Å². The molecule has 0 aliphatic carbocycles. The van der Waals surface area contributed by atoms with Gasteiger partial charge in [-0.25, -0.2) is 13.1 Å². The summed E-state index contributed by atoms with van der Waals surface area (Å²) in [4.78, 5) is 0. The van der Waals surface area contributed by atoms with Crippen LogP contribution >= 0.6 is 0 Å². The van der Waals surface area contributed by atoms with Crippen molar-refractivity contribution in [2.45, 2.75) is 45.3 Å². The standard InChI is InChI=1S/C15H27NO4S/c1-12-10-13(2)15(17)14(20-3)8-6-4-5-7-9-21(18,19)16-11-12/h6,8,10,13-17H,4-5,7,9,11H2,1-3H3/b8-6+,12-10-/t13?,14-,15-/m0/s1. The van der Waals surface area contributed by atoms with Crippen LogP contribution in [0.25, 0.3) is 0 Å². The third-order valence-electron chi connectivity index (χ3n) is 3.63. The Labute approximate surface area is 128 Å². The number of nitrogens with one attached hydrogen (secondary N) is 1. The predicted octanol–water partition coefficient (Wildman–Crippen LogP) is 1.60. The van der Waals surface area contributed by atoms with E-state index in [1.165, 1.54) is 0 Å². The number of aliphatic hydroxyl groups excluding tert-OH is 1. The van der Waals surface area contributed by atoms with E-state index in [1.807, 2.05) is 32.1 Å². The Morgan fingerprint density at radius 2 is 2.10 bits per heavy atom. The molecule has 0 saturated heterocycles. The molecule has 1 heterocycles. The zero-order valence-electron chi connectivity index (χ0n) is 13.1. The van der Waals surface area contributed by atoms with Crippen molar-refractivity contribution in [3.8, 4) is 0 Å². The molecule has 0 saturated carbocycles. The Morgan fingerprint density at radius 3 is 2.76 bits per heavy atom. The molecule has 0 spiro atoms. The quantitative estimate of drug-likeness (QED) is 0.720. The second-order valence-corrected chi connectivity index (χ2v) is 7.55. The first kappa shape index (κ1) is 18.4. The number of allylic oxidation sites excluding steroid dienone is 1. The van der Waals surface area contributed by atoms with Crippen LogP contribution in [0.15, 0.2) is 23.8 Å².